The van der Waals surface area contributed by atoms with Gasteiger partial charge in [0.25, 0.3) is 6.71 Å². The lowest BCUT2D eigenvalue weighted by Crippen LogP contribution is -2.77. The van der Waals surface area contributed by atoms with Gasteiger partial charge in [-0.1, -0.05) is 182 Å². The normalized spacial score (nSPS) is 13.8. The number of para-hydroxylation sites is 6. The highest BCUT2D eigenvalue weighted by molar-refractivity contribution is 7.21. The number of aromatic nitrogens is 1. The maximum Gasteiger partial charge on any atom is 0.252 e. The van der Waals surface area contributed by atoms with Crippen LogP contribution in [-0.2, 0) is 0 Å². The maximum absolute atomic E-state index is 2.80. The highest BCUT2D eigenvalue weighted by Gasteiger charge is 2.49. The zero-order chi connectivity index (χ0) is 47.3. The molecule has 0 amide bonds. The zero-order valence-electron chi connectivity index (χ0n) is 39.3. The van der Waals surface area contributed by atoms with E-state index in [9.17, 15) is 0 Å². The monoisotopic (exact) mass is 932 g/mol. The average Bonchev–Trinajstić information content (AvgIpc) is 3.79. The fraction of sp³-hybridized carbons (Fsp3) is 0. The Labute approximate surface area is 420 Å². The van der Waals surface area contributed by atoms with Crippen molar-refractivity contribution in [3.8, 4) is 5.69 Å². The fourth-order valence-electron chi connectivity index (χ4n) is 12.8. The SMILES string of the molecule is c1ccc(N2c3ccc(-n4c5ccccc5c5ccccc54)cc3B3c4ccc(N5c6ccccc6[Si](c6ccccc6)(c6ccccc6)c6ccccc65)cc4N(c4ccccc4)c4cccc2c43)cc1. The van der Waals surface area contributed by atoms with E-state index in [0.29, 0.717) is 0 Å². The lowest BCUT2D eigenvalue weighted by molar-refractivity contribution is 1.18. The van der Waals surface area contributed by atoms with Crippen molar-refractivity contribution in [3.63, 3.8) is 0 Å². The average molecular weight is 933 g/mol. The smallest absolute Gasteiger partial charge is 0.252 e. The van der Waals surface area contributed by atoms with Gasteiger partial charge in [0.2, 0.25) is 0 Å². The van der Waals surface area contributed by atoms with E-state index in [1.165, 1.54) is 93.1 Å². The molecule has 12 aromatic rings. The van der Waals surface area contributed by atoms with E-state index in [0.717, 1.165) is 22.7 Å². The molecule has 4 nitrogen and oxygen atoms in total. The number of rotatable bonds is 6. The van der Waals surface area contributed by atoms with E-state index in [2.05, 4.69) is 292 Å². The summed E-state index contributed by atoms with van der Waals surface area (Å²) < 4.78 is 2.46. The van der Waals surface area contributed by atoms with Crippen LogP contribution >= 0.6 is 0 Å². The Balaban J connectivity index is 0.994. The van der Waals surface area contributed by atoms with Crippen molar-refractivity contribution >= 4 is 125 Å². The van der Waals surface area contributed by atoms with E-state index in [1.54, 1.807) is 0 Å². The molecule has 0 bridgehead atoms. The van der Waals surface area contributed by atoms with Gasteiger partial charge in [0.05, 0.1) is 11.0 Å². The van der Waals surface area contributed by atoms with Crippen LogP contribution < -0.4 is 51.8 Å². The molecule has 0 spiro atoms. The van der Waals surface area contributed by atoms with Gasteiger partial charge in [-0.2, -0.15) is 0 Å². The lowest BCUT2D eigenvalue weighted by atomic mass is 9.33. The molecule has 0 atom stereocenters. The Bertz CT molecular complexity index is 3940. The van der Waals surface area contributed by atoms with Crippen LogP contribution in [0.5, 0.6) is 0 Å². The molecule has 72 heavy (non-hydrogen) atoms. The van der Waals surface area contributed by atoms with E-state index in [4.69, 9.17) is 0 Å². The molecule has 4 heterocycles. The summed E-state index contributed by atoms with van der Waals surface area (Å²) in [5.41, 5.74) is 17.9. The predicted octanol–water partition coefficient (Wildman–Crippen LogP) is 12.0. The summed E-state index contributed by atoms with van der Waals surface area (Å²) in [6, 6.07) is 102. The van der Waals surface area contributed by atoms with Crippen LogP contribution in [0.1, 0.15) is 0 Å². The first-order valence-electron chi connectivity index (χ1n) is 25.0. The second kappa shape index (κ2) is 16.0. The predicted molar refractivity (Wildman–Crippen MR) is 307 cm³/mol. The largest absolute Gasteiger partial charge is 0.311 e. The minimum absolute atomic E-state index is 0.0691. The van der Waals surface area contributed by atoms with Crippen molar-refractivity contribution < 1.29 is 0 Å². The van der Waals surface area contributed by atoms with Crippen molar-refractivity contribution in [1.82, 2.24) is 4.57 Å². The Morgan fingerprint density at radius 1 is 0.278 bits per heavy atom. The molecule has 6 heteroatoms. The third-order valence-corrected chi connectivity index (χ3v) is 20.5. The first-order chi connectivity index (χ1) is 35.8. The van der Waals surface area contributed by atoms with Crippen LogP contribution in [-0.4, -0.2) is 19.4 Å². The molecular formula is C66H45BN4Si. The number of nitrogens with zero attached hydrogens (tertiary/aromatic N) is 4. The first kappa shape index (κ1) is 40.8. The molecular weight excluding hydrogens is 888 g/mol. The zero-order valence-corrected chi connectivity index (χ0v) is 40.3. The quantitative estimate of drug-likeness (QED) is 0.154. The number of fused-ring (bicyclic) bond motifs is 9. The Kier molecular flexibility index (Phi) is 9.04. The summed E-state index contributed by atoms with van der Waals surface area (Å²) in [6.07, 6.45) is 0. The minimum atomic E-state index is -2.80. The maximum atomic E-state index is 2.55. The van der Waals surface area contributed by atoms with E-state index < -0.39 is 8.07 Å². The van der Waals surface area contributed by atoms with Crippen molar-refractivity contribution in [2.45, 2.75) is 0 Å². The van der Waals surface area contributed by atoms with Gasteiger partial charge < -0.3 is 19.3 Å². The second-order valence-electron chi connectivity index (χ2n) is 19.2. The molecule has 3 aliphatic heterocycles. The molecule has 0 unspecified atom stereocenters. The van der Waals surface area contributed by atoms with Crippen LogP contribution in [0, 0.1) is 0 Å². The van der Waals surface area contributed by atoms with E-state index in [-0.39, 0.29) is 6.71 Å². The van der Waals surface area contributed by atoms with Gasteiger partial charge in [0, 0.05) is 67.6 Å². The van der Waals surface area contributed by atoms with E-state index >= 15 is 0 Å². The third-order valence-electron chi connectivity index (χ3n) is 15.6. The van der Waals surface area contributed by atoms with Crippen LogP contribution in [0.25, 0.3) is 27.5 Å². The molecule has 0 N–H and O–H groups in total. The summed E-state index contributed by atoms with van der Waals surface area (Å²) in [6.45, 7) is -0.0691. The number of hydrogen-bond acceptors (Lipinski definition) is 3. The molecule has 0 aliphatic carbocycles. The van der Waals surface area contributed by atoms with Crippen LogP contribution in [0.4, 0.5) is 51.2 Å². The fourth-order valence-corrected chi connectivity index (χ4v) is 17.9. The number of hydrogen-bond donors (Lipinski definition) is 0. The summed E-state index contributed by atoms with van der Waals surface area (Å²) in [4.78, 5) is 7.55. The van der Waals surface area contributed by atoms with Gasteiger partial charge in [0.1, 0.15) is 0 Å². The topological polar surface area (TPSA) is 14.7 Å². The van der Waals surface area contributed by atoms with Crippen LogP contribution in [0.15, 0.2) is 273 Å². The summed E-state index contributed by atoms with van der Waals surface area (Å²) in [5.74, 6) is 0. The number of anilines is 9. The Hall–Kier alpha value is -9.10. The summed E-state index contributed by atoms with van der Waals surface area (Å²) >= 11 is 0. The Morgan fingerprint density at radius 2 is 0.722 bits per heavy atom. The van der Waals surface area contributed by atoms with Crippen molar-refractivity contribution in [2.24, 2.45) is 0 Å². The van der Waals surface area contributed by atoms with Gasteiger partial charge in [-0.15, -0.1) is 0 Å². The van der Waals surface area contributed by atoms with Crippen molar-refractivity contribution in [1.29, 1.82) is 0 Å². The lowest BCUT2D eigenvalue weighted by Gasteiger charge is -2.46. The molecule has 336 valence electrons. The third kappa shape index (κ3) is 5.75. The van der Waals surface area contributed by atoms with Crippen LogP contribution in [0.3, 0.4) is 0 Å². The van der Waals surface area contributed by atoms with Gasteiger partial charge >= 0.3 is 0 Å². The van der Waals surface area contributed by atoms with Crippen molar-refractivity contribution in [3.05, 3.63) is 273 Å². The van der Waals surface area contributed by atoms with Gasteiger partial charge in [-0.05, 0) is 128 Å². The first-order valence-corrected chi connectivity index (χ1v) is 27.0. The van der Waals surface area contributed by atoms with Gasteiger partial charge in [-0.25, -0.2) is 0 Å². The summed E-state index contributed by atoms with van der Waals surface area (Å²) in [7, 11) is -2.80. The minimum Gasteiger partial charge on any atom is -0.311 e. The summed E-state index contributed by atoms with van der Waals surface area (Å²) in [5, 5.41) is 8.04. The molecule has 11 aromatic carbocycles. The van der Waals surface area contributed by atoms with Crippen molar-refractivity contribution in [2.75, 3.05) is 14.7 Å². The van der Waals surface area contributed by atoms with Gasteiger partial charge in [0.15, 0.2) is 8.07 Å². The standard InChI is InChI=1S/C66H45BN4Si/c1-5-22-46(23-6-1)68-58-43-41-48(70-56-32-15-13-30-52(56)53-31-14-16-33-57(53)70)44-55(58)67-54-42-40-49(45-63(54)69(47-24-7-2-8-25-47)62-37-21-36-61(68)66(62)67)71-59-34-17-19-38-64(59)72(50-26-9-3-10-27-50,51-28-11-4-12-29-51)65-39-20-18-35-60(65)71/h1-45H. The molecule has 0 saturated heterocycles. The molecule has 0 saturated carbocycles. The number of benzene rings is 11. The Morgan fingerprint density at radius 3 is 1.29 bits per heavy atom. The highest BCUT2D eigenvalue weighted by Crippen LogP contribution is 2.47. The molecule has 1 aromatic heterocycles. The second-order valence-corrected chi connectivity index (χ2v) is 22.9. The van der Waals surface area contributed by atoms with E-state index in [1.807, 2.05) is 0 Å². The highest BCUT2D eigenvalue weighted by atomic mass is 28.3. The molecule has 0 radical (unpaired) electrons. The van der Waals surface area contributed by atoms with Gasteiger partial charge in [-0.3, -0.25) is 0 Å². The molecule has 0 fully saturated rings. The molecule has 3 aliphatic rings. The van der Waals surface area contributed by atoms with Crippen LogP contribution in [0.2, 0.25) is 0 Å². The molecule has 15 rings (SSSR count).